The van der Waals surface area contributed by atoms with E-state index in [4.69, 9.17) is 72.4 Å². The number of aromatic nitrogens is 3. The van der Waals surface area contributed by atoms with Gasteiger partial charge in [0.25, 0.3) is 5.56 Å². The maximum absolute atomic E-state index is 13.4. The fourth-order valence-corrected chi connectivity index (χ4v) is 24.8. The van der Waals surface area contributed by atoms with Gasteiger partial charge in [-0.25, -0.2) is 29.3 Å². The maximum atomic E-state index is 13.4. The van der Waals surface area contributed by atoms with E-state index in [1.165, 1.54) is 84.8 Å². The zero-order valence-corrected chi connectivity index (χ0v) is 91.2. The van der Waals surface area contributed by atoms with E-state index < -0.39 is 0 Å². The van der Waals surface area contributed by atoms with Crippen molar-refractivity contribution in [3.05, 3.63) is 324 Å². The fraction of sp³-hybridized carbons (Fsp3) is 0.364. The number of benzene rings is 10. The van der Waals surface area contributed by atoms with E-state index in [1.807, 2.05) is 53.6 Å². The second-order valence-corrected chi connectivity index (χ2v) is 44.8. The van der Waals surface area contributed by atoms with Gasteiger partial charge >= 0.3 is 0 Å². The number of nitrogens with zero attached hydrogens (tertiary/aromatic N) is 17. The van der Waals surface area contributed by atoms with Crippen LogP contribution in [0.1, 0.15) is 99.1 Å². The number of aliphatic hydroxyl groups excluding tert-OH is 2. The first-order valence-electron chi connectivity index (χ1n) is 52.5. The zero-order valence-electron chi connectivity index (χ0n) is 86.4. The van der Waals surface area contributed by atoms with Gasteiger partial charge in [-0.05, 0) is 232 Å². The van der Waals surface area contributed by atoms with Crippen molar-refractivity contribution < 1.29 is 28.6 Å². The zero-order chi connectivity index (χ0) is 103. The molecule has 0 unspecified atom stereocenters. The van der Waals surface area contributed by atoms with Crippen LogP contribution in [0.25, 0.3) is 16.5 Å². The van der Waals surface area contributed by atoms with E-state index in [-0.39, 0.29) is 24.6 Å². The number of ether oxygens (including phenoxy) is 2. The van der Waals surface area contributed by atoms with E-state index in [1.54, 1.807) is 40.9 Å². The molecule has 782 valence electrons. The fourth-order valence-electron chi connectivity index (χ4n) is 20.5. The first-order valence-corrected chi connectivity index (χ1v) is 56.6. The Bertz CT molecular complexity index is 6920. The van der Waals surface area contributed by atoms with Crippen LogP contribution in [-0.4, -0.2) is 309 Å². The van der Waals surface area contributed by atoms with Gasteiger partial charge in [-0.2, -0.15) is 0 Å². The first kappa shape index (κ1) is 107. The summed E-state index contributed by atoms with van der Waals surface area (Å²) in [6.07, 6.45) is 9.19. The van der Waals surface area contributed by atoms with Crippen molar-refractivity contribution in [2.75, 3.05) is 222 Å². The number of likely N-dealkylation sites (tertiary alicyclic amines) is 1. The summed E-state index contributed by atoms with van der Waals surface area (Å²) in [4.78, 5) is 70.4. The van der Waals surface area contributed by atoms with Gasteiger partial charge in [0.1, 0.15) is 40.0 Å². The summed E-state index contributed by atoms with van der Waals surface area (Å²) < 4.78 is 31.4. The number of aliphatic hydroxyl groups is 2. The Morgan fingerprint density at radius 3 is 1.55 bits per heavy atom. The SMILES string of the molecule is CN(C)CC/C=C1\c2ccccc2Sc2ccc(Cl)cc21.CN1CCN(C2=Nc3cc(Cl)ccc3Nc3ccccc32)CC1.Cc1cc2c(s1)Nc1ccccc1N=C2N1CCN(C)CC1.Cc1nc2n(c(=O)c1CCN1CCC(c3noc4cc(F)ccc34)CC1)CCCC2.OCCOCCN1CCN(C2=Nc3ccccc3Sc3ccccc32)CC1.OCCOCCN1CCN(C2=Nc3ccccc3Sc3ccccc32)CC1. The van der Waals surface area contributed by atoms with Crippen molar-refractivity contribution in [3.63, 3.8) is 0 Å². The highest BCUT2D eigenvalue weighted by Gasteiger charge is 2.34. The third-order valence-electron chi connectivity index (χ3n) is 28.7. The van der Waals surface area contributed by atoms with Crippen molar-refractivity contribution in [2.45, 2.75) is 101 Å². The largest absolute Gasteiger partial charge is 0.394 e. The van der Waals surface area contributed by atoms with Crippen LogP contribution in [0.5, 0.6) is 0 Å². The van der Waals surface area contributed by atoms with E-state index >= 15 is 0 Å². The summed E-state index contributed by atoms with van der Waals surface area (Å²) in [6.45, 7) is 29.1. The van der Waals surface area contributed by atoms with Gasteiger partial charge in [0.2, 0.25) is 0 Å². The lowest BCUT2D eigenvalue weighted by Gasteiger charge is -2.36. The number of piperazine rings is 4. The number of hydrogen-bond donors (Lipinski definition) is 4. The molecule has 4 N–H and O–H groups in total. The van der Waals surface area contributed by atoms with Crippen molar-refractivity contribution in [1.82, 2.24) is 63.7 Å². The third-order valence-corrected chi connectivity index (χ3v) is 33.6. The van der Waals surface area contributed by atoms with Crippen LogP contribution >= 0.6 is 69.8 Å². The molecule has 0 aliphatic carbocycles. The molecule has 0 saturated carbocycles. The van der Waals surface area contributed by atoms with Crippen LogP contribution in [0.15, 0.2) is 295 Å². The molecule has 150 heavy (non-hydrogen) atoms. The number of thiophene rings is 1. The lowest BCUT2D eigenvalue weighted by atomic mass is 9.91. The van der Waals surface area contributed by atoms with Crippen LogP contribution in [0.3, 0.4) is 0 Å². The number of aryl methyl sites for hydroxylation is 3. The molecule has 0 spiro atoms. The molecule has 32 heteroatoms. The van der Waals surface area contributed by atoms with Crippen LogP contribution in [-0.2, 0) is 28.9 Å². The number of halogens is 3. The third kappa shape index (κ3) is 26.9. The number of likely N-dealkylation sites (N-methyl/N-ethyl adjacent to an activating group) is 2. The smallest absolute Gasteiger partial charge is 0.256 e. The number of rotatable bonds is 17. The number of aliphatic imine (C=N–C) groups is 4. The number of hydrogen-bond acceptors (Lipinski definition) is 28. The number of fused-ring (bicyclic) bond motifs is 12. The monoisotopic (exact) mass is 2130 g/mol. The van der Waals surface area contributed by atoms with Crippen molar-refractivity contribution in [1.29, 1.82) is 0 Å². The molecule has 0 atom stereocenters. The number of para-hydroxylation sites is 5. The maximum Gasteiger partial charge on any atom is 0.256 e. The number of amidine groups is 4. The molecule has 24 rings (SSSR count). The molecular weight excluding hydrogens is 2000 g/mol. The lowest BCUT2D eigenvalue weighted by molar-refractivity contribution is 0.0652. The van der Waals surface area contributed by atoms with E-state index in [9.17, 15) is 9.18 Å². The molecule has 11 aliphatic heterocycles. The minimum atomic E-state index is -0.303. The Kier molecular flexibility index (Phi) is 37.0. The molecule has 5 fully saturated rings. The quantitative estimate of drug-likeness (QED) is 0.0622. The molecule has 25 nitrogen and oxygen atoms in total. The highest BCUT2D eigenvalue weighted by atomic mass is 35.5. The minimum Gasteiger partial charge on any atom is -0.394 e. The predicted octanol–water partition coefficient (Wildman–Crippen LogP) is 21.7. The Balaban J connectivity index is 0.000000113. The summed E-state index contributed by atoms with van der Waals surface area (Å²) in [5.74, 6) is 5.28. The number of piperidine rings is 1. The second-order valence-electron chi connectivity index (χ2n) is 39.4. The van der Waals surface area contributed by atoms with Gasteiger partial charge in [-0.15, -0.1) is 11.3 Å². The van der Waals surface area contributed by atoms with E-state index in [0.29, 0.717) is 43.0 Å². The van der Waals surface area contributed by atoms with E-state index in [2.05, 4.69) is 288 Å². The highest BCUT2D eigenvalue weighted by molar-refractivity contribution is 8.00. The molecular formula is C118H134Cl2FN19O6S4. The first-order chi connectivity index (χ1) is 73.3. The summed E-state index contributed by atoms with van der Waals surface area (Å²) in [6, 6.07) is 78.0. The van der Waals surface area contributed by atoms with Crippen LogP contribution in [0.4, 0.5) is 49.2 Å². The molecule has 0 radical (unpaired) electrons. The Morgan fingerprint density at radius 2 is 0.947 bits per heavy atom. The van der Waals surface area contributed by atoms with Gasteiger partial charge in [-0.3, -0.25) is 19.2 Å². The standard InChI is InChI=1S/C23H27FN4O2.2C21H25N3O2S.C18H19ClN4.C18H18ClNS.C17H20N4S/c1-15-18(23(29)28-10-3-2-4-21(28)25-15)9-13-27-11-7-16(8-12-27)22-19-6-5-17(24)14-20(19)30-26-22;2*25-14-16-26-15-13-23-9-11-24(12-10-23)21-17-5-1-3-7-19(17)27-20-8-4-2-6-18(20)22-21;1-22-8-10-23(11-9-22)18-14-4-2-3-5-15(14)20-16-7-6-13(19)12-17(16)21-18;1-20(2)11-5-7-14-15-6-3-4-8-17(15)21-18-10-9-13(19)12-16(14)18;1-12-11-13-16(21-9-7-20(2)8-10-21)18-14-5-3-4-6-15(14)19-17(13)22-12/h5-6,14,16H,2-4,7-13H2,1H3;2*1-8,25H,9-16H2;2-7,12,20H,8-11H2,1H3;3-4,6-10,12H,5,11H2,1-2H3;3-6,11,19H,7-10H2,1-2H3/b;;;;14-7+;. The molecule has 14 heterocycles. The summed E-state index contributed by atoms with van der Waals surface area (Å²) in [7, 11) is 8.56. The Morgan fingerprint density at radius 1 is 0.467 bits per heavy atom. The molecule has 5 saturated heterocycles. The predicted molar refractivity (Wildman–Crippen MR) is 613 cm³/mol. The van der Waals surface area contributed by atoms with Crippen LogP contribution < -0.4 is 16.2 Å². The summed E-state index contributed by atoms with van der Waals surface area (Å²) in [5, 5.41) is 32.5. The average molecular weight is 2130 g/mol. The van der Waals surface area contributed by atoms with E-state index in [0.717, 1.165) is 297 Å². The highest BCUT2D eigenvalue weighted by Crippen LogP contribution is 2.49. The molecule has 3 aromatic heterocycles. The van der Waals surface area contributed by atoms with Gasteiger partial charge in [0, 0.05) is 239 Å². The Labute approximate surface area is 907 Å². The number of anilines is 4. The minimum absolute atomic E-state index is 0.0898. The van der Waals surface area contributed by atoms with Crippen LogP contribution in [0.2, 0.25) is 10.0 Å². The lowest BCUT2D eigenvalue weighted by Crippen LogP contribution is -2.49. The van der Waals surface area contributed by atoms with Crippen molar-refractivity contribution >= 4 is 155 Å². The van der Waals surface area contributed by atoms with Crippen LogP contribution in [0, 0.1) is 19.7 Å². The average Bonchev–Trinajstić information content (AvgIpc) is 1.24. The second kappa shape index (κ2) is 51.8. The van der Waals surface area contributed by atoms with Gasteiger partial charge in [0.05, 0.1) is 85.0 Å². The van der Waals surface area contributed by atoms with Gasteiger partial charge in [-0.1, -0.05) is 173 Å². The molecule has 13 aromatic rings. The van der Waals surface area contributed by atoms with Gasteiger partial charge < -0.3 is 74.0 Å². The topological polar surface area (TPSA) is 226 Å². The normalized spacial score (nSPS) is 17.2. The van der Waals surface area contributed by atoms with Crippen molar-refractivity contribution in [2.24, 2.45) is 20.0 Å². The molecule has 0 amide bonds. The van der Waals surface area contributed by atoms with Gasteiger partial charge in [0.15, 0.2) is 5.58 Å². The molecule has 0 bridgehead atoms. The Hall–Kier alpha value is -11.4. The summed E-state index contributed by atoms with van der Waals surface area (Å²) in [5.41, 5.74) is 19.3. The summed E-state index contributed by atoms with van der Waals surface area (Å²) >= 11 is 19.6. The number of nitrogens with one attached hydrogen (secondary N) is 2. The van der Waals surface area contributed by atoms with Crippen molar-refractivity contribution in [3.8, 4) is 0 Å². The molecule has 11 aliphatic rings. The molecule has 10 aromatic carbocycles.